The Bertz CT molecular complexity index is 286. The molecule has 2 atom stereocenters. The standard InChI is InChI=1S/C12H24NO3P/c1-11(2,3)16-10(14)13-9(6-7-17)8-15-12(13,4)5/h9H,6-8,17H2,1-5H3/t9-/m0/s1. The van der Waals surface area contributed by atoms with Crippen molar-refractivity contribution in [1.82, 2.24) is 4.90 Å². The monoisotopic (exact) mass is 261 g/mol. The second-order valence-corrected chi connectivity index (χ2v) is 6.42. The van der Waals surface area contributed by atoms with Crippen LogP contribution in [0.5, 0.6) is 0 Å². The van der Waals surface area contributed by atoms with E-state index >= 15 is 0 Å². The summed E-state index contributed by atoms with van der Waals surface area (Å²) in [6.07, 6.45) is 1.57. The molecule has 0 N–H and O–H groups in total. The Balaban J connectivity index is 2.79. The third-order valence-electron chi connectivity index (χ3n) is 2.66. The third-order valence-corrected chi connectivity index (χ3v) is 3.00. The third kappa shape index (κ3) is 3.82. The lowest BCUT2D eigenvalue weighted by molar-refractivity contribution is -0.0624. The fourth-order valence-corrected chi connectivity index (χ4v) is 2.35. The van der Waals surface area contributed by atoms with Gasteiger partial charge in [0.05, 0.1) is 12.6 Å². The zero-order valence-corrected chi connectivity index (χ0v) is 12.6. The van der Waals surface area contributed by atoms with Crippen LogP contribution >= 0.6 is 9.24 Å². The van der Waals surface area contributed by atoms with Crippen LogP contribution in [0.3, 0.4) is 0 Å². The molecule has 0 aromatic rings. The van der Waals surface area contributed by atoms with Gasteiger partial charge < -0.3 is 9.47 Å². The van der Waals surface area contributed by atoms with Gasteiger partial charge in [0.2, 0.25) is 0 Å². The first-order chi connectivity index (χ1) is 7.67. The predicted molar refractivity (Wildman–Crippen MR) is 71.1 cm³/mol. The van der Waals surface area contributed by atoms with Crippen molar-refractivity contribution in [1.29, 1.82) is 0 Å². The van der Waals surface area contributed by atoms with Crippen LogP contribution in [-0.4, -0.2) is 41.1 Å². The summed E-state index contributed by atoms with van der Waals surface area (Å²) >= 11 is 0. The lowest BCUT2D eigenvalue weighted by Crippen LogP contribution is -2.49. The Kier molecular flexibility index (Phi) is 4.43. The van der Waals surface area contributed by atoms with Crippen molar-refractivity contribution in [2.24, 2.45) is 0 Å². The van der Waals surface area contributed by atoms with E-state index < -0.39 is 11.3 Å². The normalized spacial score (nSPS) is 23.9. The zero-order valence-electron chi connectivity index (χ0n) is 11.4. The molecule has 0 bridgehead atoms. The van der Waals surface area contributed by atoms with Gasteiger partial charge in [0.15, 0.2) is 0 Å². The minimum Gasteiger partial charge on any atom is -0.444 e. The highest BCUT2D eigenvalue weighted by atomic mass is 31.0. The van der Waals surface area contributed by atoms with Crippen LogP contribution in [0.1, 0.15) is 41.0 Å². The molecule has 1 fully saturated rings. The molecule has 1 saturated heterocycles. The minimum absolute atomic E-state index is 0.109. The van der Waals surface area contributed by atoms with Crippen LogP contribution in [0.25, 0.3) is 0 Å². The molecule has 1 aliphatic rings. The Morgan fingerprint density at radius 3 is 2.59 bits per heavy atom. The molecule has 0 aromatic heterocycles. The second-order valence-electron chi connectivity index (χ2n) is 5.84. The lowest BCUT2D eigenvalue weighted by Gasteiger charge is -2.35. The summed E-state index contributed by atoms with van der Waals surface area (Å²) in [5, 5.41) is 0. The molecule has 1 amide bonds. The fourth-order valence-electron chi connectivity index (χ4n) is 1.97. The van der Waals surface area contributed by atoms with Gasteiger partial charge in [-0.05, 0) is 47.2 Å². The number of rotatable bonds is 2. The summed E-state index contributed by atoms with van der Waals surface area (Å²) in [6, 6.07) is 0.109. The molecule has 1 aliphatic heterocycles. The first kappa shape index (κ1) is 14.7. The zero-order chi connectivity index (χ0) is 13.3. The average molecular weight is 261 g/mol. The Labute approximate surface area is 106 Å². The maximum absolute atomic E-state index is 12.2. The van der Waals surface area contributed by atoms with Crippen LogP contribution < -0.4 is 0 Å². The van der Waals surface area contributed by atoms with Crippen LogP contribution in [0, 0.1) is 0 Å². The Morgan fingerprint density at radius 1 is 1.53 bits per heavy atom. The predicted octanol–water partition coefficient (Wildman–Crippen LogP) is 2.62. The molecule has 0 saturated carbocycles. The summed E-state index contributed by atoms with van der Waals surface area (Å²) in [5.74, 6) is 0. The molecule has 0 spiro atoms. The SMILES string of the molecule is CC(C)(C)OC(=O)N1[C@@H](CCP)COC1(C)C. The average Bonchev–Trinajstić information content (AvgIpc) is 2.39. The van der Waals surface area contributed by atoms with Gasteiger partial charge in [-0.25, -0.2) is 4.79 Å². The van der Waals surface area contributed by atoms with E-state index in [0.717, 1.165) is 12.6 Å². The fraction of sp³-hybridized carbons (Fsp3) is 0.917. The number of hydrogen-bond acceptors (Lipinski definition) is 3. The van der Waals surface area contributed by atoms with Gasteiger partial charge in [0, 0.05) is 0 Å². The molecule has 1 unspecified atom stereocenters. The van der Waals surface area contributed by atoms with Gasteiger partial charge in [-0.2, -0.15) is 0 Å². The van der Waals surface area contributed by atoms with E-state index in [1.54, 1.807) is 4.90 Å². The molecule has 0 aliphatic carbocycles. The molecular formula is C12H24NO3P. The van der Waals surface area contributed by atoms with E-state index in [-0.39, 0.29) is 12.1 Å². The topological polar surface area (TPSA) is 38.8 Å². The number of carbonyl (C=O) groups is 1. The molecule has 4 nitrogen and oxygen atoms in total. The maximum Gasteiger partial charge on any atom is 0.412 e. The number of amides is 1. The van der Waals surface area contributed by atoms with E-state index in [0.29, 0.717) is 6.61 Å². The van der Waals surface area contributed by atoms with Crippen molar-refractivity contribution in [2.75, 3.05) is 12.8 Å². The first-order valence-electron chi connectivity index (χ1n) is 6.04. The quantitative estimate of drug-likeness (QED) is 0.717. The van der Waals surface area contributed by atoms with Gasteiger partial charge in [0.1, 0.15) is 11.3 Å². The van der Waals surface area contributed by atoms with Crippen molar-refractivity contribution < 1.29 is 14.3 Å². The highest BCUT2D eigenvalue weighted by Crippen LogP contribution is 2.30. The van der Waals surface area contributed by atoms with Crippen LogP contribution in [0.15, 0.2) is 0 Å². The van der Waals surface area contributed by atoms with E-state index in [1.807, 2.05) is 34.6 Å². The molecule has 100 valence electrons. The first-order valence-corrected chi connectivity index (χ1v) is 6.85. The Hall–Kier alpha value is -0.340. The highest BCUT2D eigenvalue weighted by Gasteiger charge is 2.45. The molecule has 5 heteroatoms. The van der Waals surface area contributed by atoms with E-state index in [1.165, 1.54) is 0 Å². The number of carbonyl (C=O) groups excluding carboxylic acids is 1. The molecule has 0 radical (unpaired) electrons. The van der Waals surface area contributed by atoms with Crippen LogP contribution in [0.2, 0.25) is 0 Å². The molecule has 1 rings (SSSR count). The van der Waals surface area contributed by atoms with Gasteiger partial charge in [-0.3, -0.25) is 4.90 Å². The minimum atomic E-state index is -0.577. The van der Waals surface area contributed by atoms with Crippen molar-refractivity contribution >= 4 is 15.3 Å². The largest absolute Gasteiger partial charge is 0.444 e. The molecule has 1 heterocycles. The summed E-state index contributed by atoms with van der Waals surface area (Å²) in [5.41, 5.74) is -1.05. The summed E-state index contributed by atoms with van der Waals surface area (Å²) in [4.78, 5) is 13.9. The van der Waals surface area contributed by atoms with E-state index in [4.69, 9.17) is 9.47 Å². The Morgan fingerprint density at radius 2 is 2.12 bits per heavy atom. The molecular weight excluding hydrogens is 237 g/mol. The molecule has 0 aromatic carbocycles. The van der Waals surface area contributed by atoms with Crippen molar-refractivity contribution in [3.8, 4) is 0 Å². The number of hydrogen-bond donors (Lipinski definition) is 0. The second kappa shape index (κ2) is 5.11. The summed E-state index contributed by atoms with van der Waals surface area (Å²) in [6.45, 7) is 10.0. The van der Waals surface area contributed by atoms with Gasteiger partial charge >= 0.3 is 6.09 Å². The smallest absolute Gasteiger partial charge is 0.412 e. The number of ether oxygens (including phenoxy) is 2. The summed E-state index contributed by atoms with van der Waals surface area (Å²) in [7, 11) is 2.68. The summed E-state index contributed by atoms with van der Waals surface area (Å²) < 4.78 is 11.1. The van der Waals surface area contributed by atoms with Gasteiger partial charge in [0.25, 0.3) is 0 Å². The molecule has 17 heavy (non-hydrogen) atoms. The highest BCUT2D eigenvalue weighted by molar-refractivity contribution is 7.16. The van der Waals surface area contributed by atoms with Gasteiger partial charge in [-0.15, -0.1) is 9.24 Å². The van der Waals surface area contributed by atoms with Crippen LogP contribution in [0.4, 0.5) is 4.79 Å². The van der Waals surface area contributed by atoms with Crippen molar-refractivity contribution in [3.05, 3.63) is 0 Å². The van der Waals surface area contributed by atoms with Crippen molar-refractivity contribution in [3.63, 3.8) is 0 Å². The maximum atomic E-state index is 12.2. The van der Waals surface area contributed by atoms with E-state index in [9.17, 15) is 4.79 Å². The van der Waals surface area contributed by atoms with Crippen LogP contribution in [-0.2, 0) is 9.47 Å². The van der Waals surface area contributed by atoms with Gasteiger partial charge in [-0.1, -0.05) is 0 Å². The lowest BCUT2D eigenvalue weighted by atomic mass is 10.1. The van der Waals surface area contributed by atoms with E-state index in [2.05, 4.69) is 9.24 Å². The van der Waals surface area contributed by atoms with Crippen molar-refractivity contribution in [2.45, 2.75) is 58.4 Å². The number of nitrogens with zero attached hydrogens (tertiary/aromatic N) is 1.